The fourth-order valence-electron chi connectivity index (χ4n) is 5.05. The lowest BCUT2D eigenvalue weighted by molar-refractivity contribution is 0.117. The zero-order chi connectivity index (χ0) is 18.8. The molecule has 2 atom stereocenters. The Morgan fingerprint density at radius 1 is 1.00 bits per heavy atom. The molecule has 2 aromatic rings. The Balaban J connectivity index is 0.00000225. The largest absolute Gasteiger partial charge is 0.388 e. The molecule has 0 radical (unpaired) electrons. The monoisotopic (exact) mass is 419 g/mol. The molecule has 0 bridgehead atoms. The van der Waals surface area contributed by atoms with Crippen LogP contribution in [0.3, 0.4) is 0 Å². The van der Waals surface area contributed by atoms with Crippen LogP contribution in [-0.2, 0) is 6.42 Å². The van der Waals surface area contributed by atoms with Crippen LogP contribution >= 0.6 is 24.0 Å². The van der Waals surface area contributed by atoms with Gasteiger partial charge in [0.2, 0.25) is 0 Å². The molecule has 0 aromatic heterocycles. The Bertz CT molecular complexity index is 786. The first-order valence-electron chi connectivity index (χ1n) is 10.3. The van der Waals surface area contributed by atoms with Crippen molar-refractivity contribution >= 4 is 24.0 Å². The van der Waals surface area contributed by atoms with Gasteiger partial charge in [0.1, 0.15) is 0 Å². The Hall–Kier alpha value is -1.06. The number of rotatable bonds is 3. The number of hydrogen-bond acceptors (Lipinski definition) is 2. The van der Waals surface area contributed by atoms with Crippen molar-refractivity contribution in [1.29, 1.82) is 0 Å². The molecule has 1 aliphatic heterocycles. The van der Waals surface area contributed by atoms with Crippen molar-refractivity contribution in [2.75, 3.05) is 19.6 Å². The summed E-state index contributed by atoms with van der Waals surface area (Å²) in [6.07, 6.45) is 5.21. The standard InChI is InChI=1S/C24H30ClNO.ClH/c1-17-5-4-7-22-20(17)10-9-18(15-24(22)27)16-26-13-11-19(12-14-26)21-6-2-3-8-23(21)25;/h2-8,18-19,24,27H,9-16H2,1H3;1H. The summed E-state index contributed by atoms with van der Waals surface area (Å²) >= 11 is 6.40. The van der Waals surface area contributed by atoms with E-state index in [0.717, 1.165) is 43.1 Å². The van der Waals surface area contributed by atoms with E-state index >= 15 is 0 Å². The van der Waals surface area contributed by atoms with E-state index in [4.69, 9.17) is 11.6 Å². The Morgan fingerprint density at radius 3 is 2.46 bits per heavy atom. The number of fused-ring (bicyclic) bond motifs is 1. The molecule has 1 N–H and O–H groups in total. The minimum atomic E-state index is -0.312. The average Bonchev–Trinajstić information content (AvgIpc) is 2.83. The number of nitrogens with zero attached hydrogens (tertiary/aromatic N) is 1. The molecule has 28 heavy (non-hydrogen) atoms. The fraction of sp³-hybridized carbons (Fsp3) is 0.500. The van der Waals surface area contributed by atoms with Crippen LogP contribution in [0.2, 0.25) is 5.02 Å². The van der Waals surface area contributed by atoms with Crippen molar-refractivity contribution in [2.24, 2.45) is 5.92 Å². The topological polar surface area (TPSA) is 23.5 Å². The summed E-state index contributed by atoms with van der Waals surface area (Å²) < 4.78 is 0. The highest BCUT2D eigenvalue weighted by Crippen LogP contribution is 2.36. The predicted octanol–water partition coefficient (Wildman–Crippen LogP) is 5.94. The maximum Gasteiger partial charge on any atom is 0.0795 e. The smallest absolute Gasteiger partial charge is 0.0795 e. The number of hydrogen-bond donors (Lipinski definition) is 1. The van der Waals surface area contributed by atoms with E-state index in [1.165, 1.54) is 36.0 Å². The van der Waals surface area contributed by atoms with Crippen LogP contribution in [0.25, 0.3) is 0 Å². The maximum atomic E-state index is 10.8. The third-order valence-electron chi connectivity index (χ3n) is 6.61. The second-order valence-electron chi connectivity index (χ2n) is 8.40. The van der Waals surface area contributed by atoms with Crippen LogP contribution in [0.4, 0.5) is 0 Å². The molecule has 0 saturated carbocycles. The number of aliphatic hydroxyl groups is 1. The zero-order valence-corrected chi connectivity index (χ0v) is 18.2. The van der Waals surface area contributed by atoms with Gasteiger partial charge in [-0.05, 0) is 92.3 Å². The van der Waals surface area contributed by atoms with Gasteiger partial charge in [-0.25, -0.2) is 0 Å². The molecule has 1 fully saturated rings. The van der Waals surface area contributed by atoms with Crippen molar-refractivity contribution in [2.45, 2.75) is 51.0 Å². The molecule has 2 nitrogen and oxygen atoms in total. The van der Waals surface area contributed by atoms with Gasteiger partial charge in [-0.2, -0.15) is 0 Å². The maximum absolute atomic E-state index is 10.8. The highest BCUT2D eigenvalue weighted by molar-refractivity contribution is 6.31. The number of aliphatic hydroxyl groups excluding tert-OH is 1. The Labute approximate surface area is 180 Å². The summed E-state index contributed by atoms with van der Waals surface area (Å²) in [6, 6.07) is 14.7. The lowest BCUT2D eigenvalue weighted by Gasteiger charge is -2.35. The fourth-order valence-corrected chi connectivity index (χ4v) is 5.34. The molecule has 2 unspecified atom stereocenters. The van der Waals surface area contributed by atoms with Crippen LogP contribution in [0.5, 0.6) is 0 Å². The van der Waals surface area contributed by atoms with Crippen molar-refractivity contribution < 1.29 is 5.11 Å². The van der Waals surface area contributed by atoms with Gasteiger partial charge in [0, 0.05) is 11.6 Å². The van der Waals surface area contributed by atoms with Crippen LogP contribution in [0, 0.1) is 12.8 Å². The van der Waals surface area contributed by atoms with E-state index in [1.54, 1.807) is 0 Å². The minimum Gasteiger partial charge on any atom is -0.388 e. The molecular weight excluding hydrogens is 389 g/mol. The second kappa shape index (κ2) is 9.63. The Morgan fingerprint density at radius 2 is 1.71 bits per heavy atom. The molecule has 1 saturated heterocycles. The first-order valence-corrected chi connectivity index (χ1v) is 10.7. The summed E-state index contributed by atoms with van der Waals surface area (Å²) in [5.74, 6) is 1.16. The summed E-state index contributed by atoms with van der Waals surface area (Å²) in [5, 5.41) is 11.7. The van der Waals surface area contributed by atoms with Gasteiger partial charge in [-0.3, -0.25) is 0 Å². The van der Waals surface area contributed by atoms with E-state index in [1.807, 2.05) is 12.1 Å². The van der Waals surface area contributed by atoms with Crippen molar-refractivity contribution in [3.8, 4) is 0 Å². The number of likely N-dealkylation sites (tertiary alicyclic amines) is 1. The highest BCUT2D eigenvalue weighted by atomic mass is 35.5. The number of piperidine rings is 1. The second-order valence-corrected chi connectivity index (χ2v) is 8.80. The summed E-state index contributed by atoms with van der Waals surface area (Å²) in [7, 11) is 0. The molecule has 2 aromatic carbocycles. The normalized spacial score (nSPS) is 23.5. The highest BCUT2D eigenvalue weighted by Gasteiger charge is 2.28. The predicted molar refractivity (Wildman–Crippen MR) is 120 cm³/mol. The third kappa shape index (κ3) is 4.74. The summed E-state index contributed by atoms with van der Waals surface area (Å²) in [6.45, 7) is 5.55. The van der Waals surface area contributed by atoms with Crippen LogP contribution in [0.15, 0.2) is 42.5 Å². The van der Waals surface area contributed by atoms with Crippen molar-refractivity contribution in [3.63, 3.8) is 0 Å². The number of aryl methyl sites for hydroxylation is 1. The molecule has 0 amide bonds. The molecule has 4 rings (SSSR count). The zero-order valence-electron chi connectivity index (χ0n) is 16.6. The van der Waals surface area contributed by atoms with E-state index in [-0.39, 0.29) is 18.5 Å². The van der Waals surface area contributed by atoms with Crippen LogP contribution in [0.1, 0.15) is 60.0 Å². The summed E-state index contributed by atoms with van der Waals surface area (Å²) in [5.41, 5.74) is 5.18. The van der Waals surface area contributed by atoms with E-state index in [9.17, 15) is 5.11 Å². The summed E-state index contributed by atoms with van der Waals surface area (Å²) in [4.78, 5) is 2.60. The number of benzene rings is 2. The lowest BCUT2D eigenvalue weighted by Crippen LogP contribution is -2.37. The molecular formula is C24H31Cl2NO. The van der Waals surface area contributed by atoms with Crippen molar-refractivity contribution in [1.82, 2.24) is 4.90 Å². The van der Waals surface area contributed by atoms with Gasteiger partial charge in [0.15, 0.2) is 0 Å². The van der Waals surface area contributed by atoms with Gasteiger partial charge in [-0.15, -0.1) is 12.4 Å². The Kier molecular flexibility index (Phi) is 7.44. The van der Waals surface area contributed by atoms with Gasteiger partial charge < -0.3 is 10.0 Å². The van der Waals surface area contributed by atoms with E-state index in [0.29, 0.717) is 11.8 Å². The minimum absolute atomic E-state index is 0. The SMILES string of the molecule is Cc1cccc2c1CCC(CN1CCC(c3ccccc3Cl)CC1)CC2O.Cl. The molecule has 1 aliphatic carbocycles. The van der Waals surface area contributed by atoms with Gasteiger partial charge >= 0.3 is 0 Å². The van der Waals surface area contributed by atoms with Crippen LogP contribution < -0.4 is 0 Å². The molecule has 2 aliphatic rings. The molecule has 1 heterocycles. The van der Waals surface area contributed by atoms with Crippen molar-refractivity contribution in [3.05, 3.63) is 69.7 Å². The van der Waals surface area contributed by atoms with E-state index < -0.39 is 0 Å². The quantitative estimate of drug-likeness (QED) is 0.622. The van der Waals surface area contributed by atoms with E-state index in [2.05, 4.69) is 42.2 Å². The molecule has 152 valence electrons. The van der Waals surface area contributed by atoms with Gasteiger partial charge in [-0.1, -0.05) is 48.0 Å². The average molecular weight is 420 g/mol. The molecule has 0 spiro atoms. The first-order chi connectivity index (χ1) is 13.1. The third-order valence-corrected chi connectivity index (χ3v) is 6.96. The lowest BCUT2D eigenvalue weighted by atomic mass is 9.88. The number of halogens is 2. The molecule has 4 heteroatoms. The van der Waals surface area contributed by atoms with Gasteiger partial charge in [0.05, 0.1) is 6.10 Å². The first kappa shape index (κ1) is 21.6. The van der Waals surface area contributed by atoms with Crippen LogP contribution in [-0.4, -0.2) is 29.6 Å². The van der Waals surface area contributed by atoms with Gasteiger partial charge in [0.25, 0.3) is 0 Å².